The number of esters is 4. The normalized spacial score (nSPS) is 14.6. The van der Waals surface area contributed by atoms with Gasteiger partial charge in [-0.1, -0.05) is 279 Å². The molecule has 0 spiro atoms. The van der Waals surface area contributed by atoms with Crippen LogP contribution in [0.15, 0.2) is 0 Å². The molecular formula is C66H128O17P2. The molecule has 0 saturated carbocycles. The Balaban J connectivity index is 5.18. The second-order valence-electron chi connectivity index (χ2n) is 24.6. The van der Waals surface area contributed by atoms with Crippen LogP contribution in [0.5, 0.6) is 0 Å². The molecule has 0 heterocycles. The number of hydrogen-bond acceptors (Lipinski definition) is 15. The summed E-state index contributed by atoms with van der Waals surface area (Å²) in [4.78, 5) is 72.2. The van der Waals surface area contributed by atoms with Gasteiger partial charge in [-0.15, -0.1) is 0 Å². The van der Waals surface area contributed by atoms with E-state index in [0.717, 1.165) is 109 Å². The van der Waals surface area contributed by atoms with E-state index < -0.39 is 97.5 Å². The summed E-state index contributed by atoms with van der Waals surface area (Å²) < 4.78 is 68.0. The third-order valence-corrected chi connectivity index (χ3v) is 17.5. The largest absolute Gasteiger partial charge is 0.472 e. The molecule has 0 aromatic heterocycles. The molecule has 17 nitrogen and oxygen atoms in total. The Morgan fingerprint density at radius 2 is 0.600 bits per heavy atom. The first-order valence-corrected chi connectivity index (χ1v) is 37.5. The summed E-state index contributed by atoms with van der Waals surface area (Å²) >= 11 is 0. The minimum absolute atomic E-state index is 0.102. The first-order valence-electron chi connectivity index (χ1n) is 34.5. The van der Waals surface area contributed by atoms with Crippen LogP contribution in [0.4, 0.5) is 0 Å². The Kier molecular flexibility index (Phi) is 57.1. The van der Waals surface area contributed by atoms with Gasteiger partial charge in [-0.2, -0.15) is 0 Å². The zero-order chi connectivity index (χ0) is 62.9. The molecule has 0 aliphatic heterocycles. The van der Waals surface area contributed by atoms with Crippen molar-refractivity contribution in [3.05, 3.63) is 0 Å². The average Bonchev–Trinajstić information content (AvgIpc) is 3.47. The molecule has 0 saturated heterocycles. The van der Waals surface area contributed by atoms with Gasteiger partial charge >= 0.3 is 39.5 Å². The van der Waals surface area contributed by atoms with Gasteiger partial charge in [-0.3, -0.25) is 37.3 Å². The van der Waals surface area contributed by atoms with Crippen LogP contribution < -0.4 is 0 Å². The zero-order valence-electron chi connectivity index (χ0n) is 54.9. The lowest BCUT2D eigenvalue weighted by molar-refractivity contribution is -0.161. The van der Waals surface area contributed by atoms with Crippen LogP contribution in [0.3, 0.4) is 0 Å². The third kappa shape index (κ3) is 59.5. The minimum Gasteiger partial charge on any atom is -0.462 e. The highest BCUT2D eigenvalue weighted by molar-refractivity contribution is 7.47. The van der Waals surface area contributed by atoms with E-state index in [-0.39, 0.29) is 25.7 Å². The molecule has 3 N–H and O–H groups in total. The Hall–Kier alpha value is -1.94. The van der Waals surface area contributed by atoms with E-state index in [1.165, 1.54) is 135 Å². The number of carbonyl (C=O) groups excluding carboxylic acids is 4. The minimum atomic E-state index is -4.95. The summed E-state index contributed by atoms with van der Waals surface area (Å²) in [6.45, 7) is 9.35. The van der Waals surface area contributed by atoms with Gasteiger partial charge in [0.2, 0.25) is 0 Å². The SMILES string of the molecule is CCCCCCCCCCCCCCCCCCCCC(=O)O[C@H](COC(=O)CCCCCCCCC(C)CC)COP(=O)(O)OC[C@@H](O)COP(=O)(O)OC[C@@H](COC(=O)CCCCCCCCCC)OC(=O)CCCCCCCCC(C)C. The maximum absolute atomic E-state index is 13.0. The highest BCUT2D eigenvalue weighted by atomic mass is 31.2. The number of aliphatic hydroxyl groups is 1. The van der Waals surface area contributed by atoms with Crippen molar-refractivity contribution < 1.29 is 80.2 Å². The van der Waals surface area contributed by atoms with Gasteiger partial charge < -0.3 is 33.8 Å². The summed E-state index contributed by atoms with van der Waals surface area (Å²) in [6, 6.07) is 0. The van der Waals surface area contributed by atoms with Crippen molar-refractivity contribution in [2.45, 2.75) is 349 Å². The second-order valence-corrected chi connectivity index (χ2v) is 27.5. The van der Waals surface area contributed by atoms with Gasteiger partial charge in [0.25, 0.3) is 0 Å². The van der Waals surface area contributed by atoms with E-state index >= 15 is 0 Å². The van der Waals surface area contributed by atoms with Crippen LogP contribution in [-0.2, 0) is 65.4 Å². The number of ether oxygens (including phenoxy) is 4. The van der Waals surface area contributed by atoms with Crippen LogP contribution in [0.2, 0.25) is 0 Å². The lowest BCUT2D eigenvalue weighted by Crippen LogP contribution is -2.30. The molecule has 0 radical (unpaired) electrons. The lowest BCUT2D eigenvalue weighted by Gasteiger charge is -2.21. The molecule has 3 unspecified atom stereocenters. The first kappa shape index (κ1) is 83.1. The van der Waals surface area contributed by atoms with E-state index in [0.29, 0.717) is 31.6 Å². The monoisotopic (exact) mass is 1250 g/mol. The smallest absolute Gasteiger partial charge is 0.462 e. The standard InChI is InChI=1S/C66H128O17P2/c1-7-10-12-14-16-18-19-20-21-22-23-24-25-26-27-29-38-44-50-65(70)82-61(55-77-64(69)49-43-37-33-31-35-41-47-59(6)9-3)56-80-84(72,73)78-52-60(67)53-79-85(74,75)81-57-62(54-76-63(68)48-42-36-28-17-15-13-11-8-2)83-66(71)51-45-39-32-30-34-40-46-58(4)5/h58-62,67H,7-57H2,1-6H3,(H,72,73)(H,74,75)/t59?,60-,61-,62-/m1/s1. The number of phosphoric ester groups is 2. The maximum atomic E-state index is 13.0. The van der Waals surface area contributed by atoms with Crippen molar-refractivity contribution in [2.24, 2.45) is 11.8 Å². The molecule has 0 fully saturated rings. The van der Waals surface area contributed by atoms with Crippen LogP contribution >= 0.6 is 15.6 Å². The Labute approximate surface area is 517 Å². The lowest BCUT2D eigenvalue weighted by atomic mass is 10.00. The predicted molar refractivity (Wildman–Crippen MR) is 340 cm³/mol. The van der Waals surface area contributed by atoms with E-state index in [4.69, 9.17) is 37.0 Å². The van der Waals surface area contributed by atoms with Gasteiger partial charge in [0.15, 0.2) is 12.2 Å². The van der Waals surface area contributed by atoms with Gasteiger partial charge in [-0.05, 0) is 37.5 Å². The van der Waals surface area contributed by atoms with Crippen molar-refractivity contribution in [3.63, 3.8) is 0 Å². The summed E-state index contributed by atoms with van der Waals surface area (Å²) in [5, 5.41) is 10.5. The van der Waals surface area contributed by atoms with E-state index in [2.05, 4.69) is 41.5 Å². The number of carbonyl (C=O) groups is 4. The van der Waals surface area contributed by atoms with Gasteiger partial charge in [0, 0.05) is 25.7 Å². The van der Waals surface area contributed by atoms with Crippen molar-refractivity contribution >= 4 is 39.5 Å². The zero-order valence-corrected chi connectivity index (χ0v) is 56.7. The fourth-order valence-corrected chi connectivity index (χ4v) is 11.4. The van der Waals surface area contributed by atoms with Crippen LogP contribution in [0, 0.1) is 11.8 Å². The fraction of sp³-hybridized carbons (Fsp3) is 0.939. The number of aliphatic hydroxyl groups excluding tert-OH is 1. The molecule has 0 aliphatic rings. The van der Waals surface area contributed by atoms with Crippen molar-refractivity contribution in [1.29, 1.82) is 0 Å². The summed E-state index contributed by atoms with van der Waals surface area (Å²) in [5.41, 5.74) is 0. The fourth-order valence-electron chi connectivity index (χ4n) is 9.85. The maximum Gasteiger partial charge on any atom is 0.472 e. The molecule has 0 aliphatic carbocycles. The Morgan fingerprint density at radius 3 is 0.894 bits per heavy atom. The number of hydrogen-bond donors (Lipinski definition) is 3. The van der Waals surface area contributed by atoms with Gasteiger partial charge in [0.1, 0.15) is 19.3 Å². The summed E-state index contributed by atoms with van der Waals surface area (Å²) in [7, 11) is -9.89. The van der Waals surface area contributed by atoms with E-state index in [1.807, 2.05) is 0 Å². The molecule has 0 rings (SSSR count). The second kappa shape index (κ2) is 58.4. The topological polar surface area (TPSA) is 237 Å². The Morgan fingerprint density at radius 1 is 0.341 bits per heavy atom. The molecule has 0 aromatic carbocycles. The van der Waals surface area contributed by atoms with Crippen molar-refractivity contribution in [1.82, 2.24) is 0 Å². The third-order valence-electron chi connectivity index (χ3n) is 15.6. The van der Waals surface area contributed by atoms with Gasteiger partial charge in [0.05, 0.1) is 26.4 Å². The van der Waals surface area contributed by atoms with Crippen LogP contribution in [0.1, 0.15) is 330 Å². The number of phosphoric acid groups is 2. The summed E-state index contributed by atoms with van der Waals surface area (Å²) in [5.74, 6) is -0.738. The number of rotatable bonds is 65. The highest BCUT2D eigenvalue weighted by Gasteiger charge is 2.30. The average molecular weight is 1260 g/mol. The molecule has 0 bridgehead atoms. The number of unbranched alkanes of at least 4 members (excludes halogenated alkanes) is 34. The van der Waals surface area contributed by atoms with E-state index in [9.17, 15) is 43.2 Å². The molecule has 6 atom stereocenters. The first-order chi connectivity index (χ1) is 40.9. The quantitative estimate of drug-likeness (QED) is 0.0222. The molecular weight excluding hydrogens is 1130 g/mol. The Bertz CT molecular complexity index is 1670. The molecule has 19 heteroatoms. The molecule has 0 aromatic rings. The predicted octanol–water partition coefficient (Wildman–Crippen LogP) is 18.4. The molecule has 85 heavy (non-hydrogen) atoms. The van der Waals surface area contributed by atoms with Crippen LogP contribution in [-0.4, -0.2) is 96.7 Å². The van der Waals surface area contributed by atoms with Crippen LogP contribution in [0.25, 0.3) is 0 Å². The van der Waals surface area contributed by atoms with Crippen molar-refractivity contribution in [3.8, 4) is 0 Å². The van der Waals surface area contributed by atoms with Crippen molar-refractivity contribution in [2.75, 3.05) is 39.6 Å². The summed E-state index contributed by atoms with van der Waals surface area (Å²) in [6.07, 6.45) is 42.0. The van der Waals surface area contributed by atoms with Gasteiger partial charge in [-0.25, -0.2) is 9.13 Å². The molecule has 0 amide bonds. The highest BCUT2D eigenvalue weighted by Crippen LogP contribution is 2.45. The van der Waals surface area contributed by atoms with E-state index in [1.54, 1.807) is 0 Å². The molecule has 504 valence electrons.